The zero-order chi connectivity index (χ0) is 10.0. The van der Waals surface area contributed by atoms with Crippen molar-refractivity contribution in [3.8, 4) is 6.07 Å². The third-order valence-electron chi connectivity index (χ3n) is 1.28. The number of pyridine rings is 1. The smallest absolute Gasteiger partial charge is 0.338 e. The number of rotatable bonds is 1. The molecule has 1 aromatic heterocycles. The van der Waals surface area contributed by atoms with E-state index in [1.807, 2.05) is 0 Å². The lowest BCUT2D eigenvalue weighted by Crippen LogP contribution is -2.00. The number of carbonyl (C=O) groups is 1. The summed E-state index contributed by atoms with van der Waals surface area (Å²) in [4.78, 5) is 14.0. The molecular formula is C7H2Cl2N2O2. The van der Waals surface area contributed by atoms with Crippen LogP contribution in [0, 0.1) is 11.3 Å². The predicted octanol–water partition coefficient (Wildman–Crippen LogP) is 1.96. The molecule has 6 heteroatoms. The van der Waals surface area contributed by atoms with Gasteiger partial charge in [-0.2, -0.15) is 5.26 Å². The monoisotopic (exact) mass is 216 g/mol. The molecule has 0 saturated carbocycles. The average molecular weight is 217 g/mol. The zero-order valence-corrected chi connectivity index (χ0v) is 7.60. The summed E-state index contributed by atoms with van der Waals surface area (Å²) < 4.78 is 0. The molecule has 4 nitrogen and oxygen atoms in total. The number of carboxylic acids is 1. The normalized spacial score (nSPS) is 9.31. The van der Waals surface area contributed by atoms with Crippen LogP contribution in [0.3, 0.4) is 0 Å². The van der Waals surface area contributed by atoms with Crippen LogP contribution in [-0.4, -0.2) is 16.1 Å². The van der Waals surface area contributed by atoms with Gasteiger partial charge in [0.1, 0.15) is 16.4 Å². The van der Waals surface area contributed by atoms with Crippen LogP contribution in [0.15, 0.2) is 6.07 Å². The maximum Gasteiger partial charge on any atom is 0.338 e. The van der Waals surface area contributed by atoms with Gasteiger partial charge in [-0.15, -0.1) is 0 Å². The minimum atomic E-state index is -1.24. The van der Waals surface area contributed by atoms with Crippen molar-refractivity contribution in [2.75, 3.05) is 0 Å². The second-order valence-electron chi connectivity index (χ2n) is 2.08. The lowest BCUT2D eigenvalue weighted by atomic mass is 10.2. The van der Waals surface area contributed by atoms with Crippen molar-refractivity contribution in [3.63, 3.8) is 0 Å². The zero-order valence-electron chi connectivity index (χ0n) is 6.08. The first-order chi connectivity index (χ1) is 6.06. The lowest BCUT2D eigenvalue weighted by molar-refractivity contribution is 0.0696. The molecular weight excluding hydrogens is 215 g/mol. The number of aromatic nitrogens is 1. The van der Waals surface area contributed by atoms with Gasteiger partial charge in [0.05, 0.1) is 11.1 Å². The lowest BCUT2D eigenvalue weighted by Gasteiger charge is -1.99. The van der Waals surface area contributed by atoms with Gasteiger partial charge in [0.15, 0.2) is 0 Å². The summed E-state index contributed by atoms with van der Waals surface area (Å²) in [6, 6.07) is 2.78. The molecule has 0 saturated heterocycles. The summed E-state index contributed by atoms with van der Waals surface area (Å²) >= 11 is 11.0. The Morgan fingerprint density at radius 1 is 1.54 bits per heavy atom. The average Bonchev–Trinajstić information content (AvgIpc) is 2.03. The van der Waals surface area contributed by atoms with E-state index in [9.17, 15) is 4.79 Å². The molecule has 1 rings (SSSR count). The SMILES string of the molecule is N#Cc1cc(C(=O)O)c(Cl)nc1Cl. The summed E-state index contributed by atoms with van der Waals surface area (Å²) in [7, 11) is 0. The molecule has 0 bridgehead atoms. The Labute approximate surface area is 83.3 Å². The van der Waals surface area contributed by atoms with Gasteiger partial charge in [0.25, 0.3) is 0 Å². The fraction of sp³-hybridized carbons (Fsp3) is 0. The number of hydrogen-bond acceptors (Lipinski definition) is 3. The number of aromatic carboxylic acids is 1. The largest absolute Gasteiger partial charge is 0.478 e. The van der Waals surface area contributed by atoms with Crippen molar-refractivity contribution in [1.82, 2.24) is 4.98 Å². The number of nitriles is 1. The van der Waals surface area contributed by atoms with Crippen LogP contribution < -0.4 is 0 Å². The standard InChI is InChI=1S/C7H2Cl2N2O2/c8-5-3(2-10)1-4(7(12)13)6(9)11-5/h1H,(H,12,13). The van der Waals surface area contributed by atoms with E-state index < -0.39 is 5.97 Å². The Kier molecular flexibility index (Phi) is 2.71. The van der Waals surface area contributed by atoms with Crippen LogP contribution in [0.5, 0.6) is 0 Å². The molecule has 1 aromatic rings. The summed E-state index contributed by atoms with van der Waals surface area (Å²) in [5.74, 6) is -1.24. The minimum Gasteiger partial charge on any atom is -0.478 e. The molecule has 1 heterocycles. The van der Waals surface area contributed by atoms with E-state index in [0.29, 0.717) is 0 Å². The molecule has 0 fully saturated rings. The molecule has 0 atom stereocenters. The molecule has 0 spiro atoms. The second-order valence-corrected chi connectivity index (χ2v) is 2.80. The van der Waals surface area contributed by atoms with Crippen molar-refractivity contribution < 1.29 is 9.90 Å². The van der Waals surface area contributed by atoms with Crippen LogP contribution in [0.2, 0.25) is 10.3 Å². The third-order valence-corrected chi connectivity index (χ3v) is 1.86. The number of carboxylic acid groups (broad SMARTS) is 1. The summed E-state index contributed by atoms with van der Waals surface area (Å²) in [6.45, 7) is 0. The Morgan fingerprint density at radius 2 is 2.15 bits per heavy atom. The van der Waals surface area contributed by atoms with Crippen molar-refractivity contribution in [1.29, 1.82) is 5.26 Å². The summed E-state index contributed by atoms with van der Waals surface area (Å²) in [5, 5.41) is 16.8. The highest BCUT2D eigenvalue weighted by molar-refractivity contribution is 6.34. The van der Waals surface area contributed by atoms with Crippen LogP contribution in [0.1, 0.15) is 15.9 Å². The van der Waals surface area contributed by atoms with Crippen molar-refractivity contribution in [2.24, 2.45) is 0 Å². The van der Waals surface area contributed by atoms with E-state index in [0.717, 1.165) is 6.07 Å². The Bertz CT molecular complexity index is 412. The highest BCUT2D eigenvalue weighted by Gasteiger charge is 2.13. The Balaban J connectivity index is 3.41. The Morgan fingerprint density at radius 3 is 2.62 bits per heavy atom. The van der Waals surface area contributed by atoms with Gasteiger partial charge in [-0.1, -0.05) is 23.2 Å². The summed E-state index contributed by atoms with van der Waals surface area (Å²) in [5.41, 5.74) is -0.244. The van der Waals surface area contributed by atoms with Gasteiger partial charge >= 0.3 is 5.97 Å². The molecule has 13 heavy (non-hydrogen) atoms. The first-order valence-corrected chi connectivity index (χ1v) is 3.81. The summed E-state index contributed by atoms with van der Waals surface area (Å²) in [6.07, 6.45) is 0. The van der Waals surface area contributed by atoms with Crippen LogP contribution in [-0.2, 0) is 0 Å². The van der Waals surface area contributed by atoms with E-state index >= 15 is 0 Å². The molecule has 0 aliphatic rings. The molecule has 0 amide bonds. The van der Waals surface area contributed by atoms with Gasteiger partial charge in [0, 0.05) is 0 Å². The van der Waals surface area contributed by atoms with E-state index in [2.05, 4.69) is 4.98 Å². The predicted molar refractivity (Wildman–Crippen MR) is 45.9 cm³/mol. The second kappa shape index (κ2) is 3.60. The van der Waals surface area contributed by atoms with E-state index in [-0.39, 0.29) is 21.4 Å². The topological polar surface area (TPSA) is 74.0 Å². The van der Waals surface area contributed by atoms with Gasteiger partial charge in [-0.3, -0.25) is 0 Å². The van der Waals surface area contributed by atoms with Gasteiger partial charge < -0.3 is 5.11 Å². The van der Waals surface area contributed by atoms with Gasteiger partial charge in [-0.25, -0.2) is 9.78 Å². The highest BCUT2D eigenvalue weighted by Crippen LogP contribution is 2.20. The molecule has 0 unspecified atom stereocenters. The molecule has 0 radical (unpaired) electrons. The van der Waals surface area contributed by atoms with Crippen molar-refractivity contribution in [3.05, 3.63) is 27.5 Å². The fourth-order valence-corrected chi connectivity index (χ4v) is 1.14. The van der Waals surface area contributed by atoms with E-state index in [1.165, 1.54) is 0 Å². The van der Waals surface area contributed by atoms with Crippen LogP contribution in [0.25, 0.3) is 0 Å². The fourth-order valence-electron chi connectivity index (χ4n) is 0.698. The molecule has 1 N–H and O–H groups in total. The van der Waals surface area contributed by atoms with Crippen molar-refractivity contribution in [2.45, 2.75) is 0 Å². The van der Waals surface area contributed by atoms with E-state index in [1.54, 1.807) is 6.07 Å². The number of hydrogen-bond donors (Lipinski definition) is 1. The third kappa shape index (κ3) is 1.89. The van der Waals surface area contributed by atoms with Gasteiger partial charge in [0.2, 0.25) is 0 Å². The maximum absolute atomic E-state index is 10.5. The molecule has 0 aromatic carbocycles. The van der Waals surface area contributed by atoms with Crippen molar-refractivity contribution >= 4 is 29.2 Å². The molecule has 0 aliphatic heterocycles. The molecule has 0 aliphatic carbocycles. The van der Waals surface area contributed by atoms with Gasteiger partial charge in [-0.05, 0) is 6.07 Å². The molecule has 66 valence electrons. The minimum absolute atomic E-state index is 0.0107. The van der Waals surface area contributed by atoms with E-state index in [4.69, 9.17) is 33.6 Å². The van der Waals surface area contributed by atoms with Crippen LogP contribution in [0.4, 0.5) is 0 Å². The van der Waals surface area contributed by atoms with Crippen LogP contribution >= 0.6 is 23.2 Å². The maximum atomic E-state index is 10.5. The number of halogens is 2. The first kappa shape index (κ1) is 9.78. The Hall–Kier alpha value is -1.31. The number of nitrogens with zero attached hydrogens (tertiary/aromatic N) is 2. The quantitative estimate of drug-likeness (QED) is 0.729. The first-order valence-electron chi connectivity index (χ1n) is 3.05. The highest BCUT2D eigenvalue weighted by atomic mass is 35.5.